The third-order valence-corrected chi connectivity index (χ3v) is 6.56. The lowest BCUT2D eigenvalue weighted by Gasteiger charge is -2.32. The van der Waals surface area contributed by atoms with Crippen LogP contribution in [0.2, 0.25) is 0 Å². The average molecular weight is 374 g/mol. The number of benzene rings is 2. The van der Waals surface area contributed by atoms with Crippen LogP contribution in [0.4, 0.5) is 5.69 Å². The van der Waals surface area contributed by atoms with Gasteiger partial charge in [-0.3, -0.25) is 4.79 Å². The van der Waals surface area contributed by atoms with Crippen LogP contribution in [0.5, 0.6) is 0 Å². The first-order valence-corrected chi connectivity index (χ1v) is 9.96. The number of nitrogens with zero attached hydrogens (tertiary/aromatic N) is 1. The molecule has 3 N–H and O–H groups in total. The molecular weight excluding hydrogens is 352 g/mol. The number of aliphatic carboxylic acids is 1. The van der Waals surface area contributed by atoms with Crippen LogP contribution in [0.3, 0.4) is 0 Å². The average Bonchev–Trinajstić information content (AvgIpc) is 2.62. The van der Waals surface area contributed by atoms with Crippen molar-refractivity contribution in [2.75, 3.05) is 18.8 Å². The molecule has 2 aromatic carbocycles. The van der Waals surface area contributed by atoms with Gasteiger partial charge in [0.2, 0.25) is 10.0 Å². The molecule has 0 bridgehead atoms. The maximum absolute atomic E-state index is 12.9. The molecule has 2 aromatic rings. The Labute approximate surface area is 153 Å². The van der Waals surface area contributed by atoms with Crippen LogP contribution in [0, 0.1) is 0 Å². The zero-order valence-corrected chi connectivity index (χ0v) is 15.2. The lowest BCUT2D eigenvalue weighted by Crippen LogP contribution is -2.39. The van der Waals surface area contributed by atoms with Gasteiger partial charge in [0.25, 0.3) is 0 Å². The van der Waals surface area contributed by atoms with E-state index in [1.54, 1.807) is 18.2 Å². The van der Waals surface area contributed by atoms with Crippen LogP contribution in [-0.4, -0.2) is 36.9 Å². The first-order valence-electron chi connectivity index (χ1n) is 8.52. The summed E-state index contributed by atoms with van der Waals surface area (Å²) in [6, 6.07) is 13.7. The van der Waals surface area contributed by atoms with Gasteiger partial charge in [-0.25, -0.2) is 8.42 Å². The fourth-order valence-corrected chi connectivity index (χ4v) is 4.88. The predicted octanol–water partition coefficient (Wildman–Crippen LogP) is 2.46. The third kappa shape index (κ3) is 4.05. The van der Waals surface area contributed by atoms with E-state index in [4.69, 9.17) is 10.8 Å². The summed E-state index contributed by atoms with van der Waals surface area (Å²) < 4.78 is 27.3. The zero-order valence-electron chi connectivity index (χ0n) is 14.3. The van der Waals surface area contributed by atoms with Gasteiger partial charge in [0.15, 0.2) is 0 Å². The molecular formula is C19H22N2O4S. The van der Waals surface area contributed by atoms with E-state index in [-0.39, 0.29) is 17.2 Å². The second kappa shape index (κ2) is 7.47. The summed E-state index contributed by atoms with van der Waals surface area (Å²) in [4.78, 5) is 11.2. The fourth-order valence-electron chi connectivity index (χ4n) is 3.35. The van der Waals surface area contributed by atoms with Gasteiger partial charge in [0, 0.05) is 18.8 Å². The molecule has 6 nitrogen and oxygen atoms in total. The van der Waals surface area contributed by atoms with Crippen molar-refractivity contribution in [2.45, 2.75) is 30.1 Å². The van der Waals surface area contributed by atoms with E-state index in [1.807, 2.05) is 18.2 Å². The Morgan fingerprint density at radius 3 is 2.62 bits per heavy atom. The molecule has 1 fully saturated rings. The molecule has 0 amide bonds. The second-order valence-electron chi connectivity index (χ2n) is 6.59. The van der Waals surface area contributed by atoms with Crippen LogP contribution in [0.25, 0.3) is 0 Å². The van der Waals surface area contributed by atoms with Crippen molar-refractivity contribution >= 4 is 21.7 Å². The van der Waals surface area contributed by atoms with Crippen LogP contribution >= 0.6 is 0 Å². The van der Waals surface area contributed by atoms with Crippen molar-refractivity contribution in [3.8, 4) is 0 Å². The Kier molecular flexibility index (Phi) is 5.29. The summed E-state index contributed by atoms with van der Waals surface area (Å²) >= 11 is 0. The summed E-state index contributed by atoms with van der Waals surface area (Å²) in [5.74, 6) is -0.820. The number of piperidine rings is 1. The molecule has 26 heavy (non-hydrogen) atoms. The topological polar surface area (TPSA) is 101 Å². The molecule has 0 aromatic heterocycles. The number of nitrogens with two attached hydrogens (primary N) is 1. The Morgan fingerprint density at radius 2 is 1.92 bits per heavy atom. The van der Waals surface area contributed by atoms with E-state index < -0.39 is 16.0 Å². The van der Waals surface area contributed by atoms with E-state index in [0.29, 0.717) is 18.8 Å². The standard InChI is InChI=1S/C19H22N2O4S/c20-17-6-8-18(9-7-17)26(24,25)21-10-2-5-16(13-21)15-4-1-3-14(11-15)12-19(22)23/h1,3-4,6-9,11,16H,2,5,10,12-13,20H2,(H,22,23). The van der Waals surface area contributed by atoms with Gasteiger partial charge in [0.1, 0.15) is 0 Å². The third-order valence-electron chi connectivity index (χ3n) is 4.68. The summed E-state index contributed by atoms with van der Waals surface area (Å²) in [5.41, 5.74) is 7.89. The molecule has 138 valence electrons. The van der Waals surface area contributed by atoms with Gasteiger partial charge in [-0.05, 0) is 54.2 Å². The van der Waals surface area contributed by atoms with Crippen molar-refractivity contribution in [3.63, 3.8) is 0 Å². The highest BCUT2D eigenvalue weighted by Gasteiger charge is 2.30. The van der Waals surface area contributed by atoms with Gasteiger partial charge in [-0.2, -0.15) is 4.31 Å². The smallest absolute Gasteiger partial charge is 0.307 e. The lowest BCUT2D eigenvalue weighted by atomic mass is 9.90. The Hall–Kier alpha value is -2.38. The minimum atomic E-state index is -3.57. The van der Waals surface area contributed by atoms with Gasteiger partial charge < -0.3 is 10.8 Å². The highest BCUT2D eigenvalue weighted by atomic mass is 32.2. The molecule has 7 heteroatoms. The highest BCUT2D eigenvalue weighted by Crippen LogP contribution is 2.31. The maximum Gasteiger partial charge on any atom is 0.307 e. The van der Waals surface area contributed by atoms with Crippen molar-refractivity contribution in [2.24, 2.45) is 0 Å². The van der Waals surface area contributed by atoms with Gasteiger partial charge in [0.05, 0.1) is 11.3 Å². The fraction of sp³-hybridized carbons (Fsp3) is 0.316. The Bertz CT molecular complexity index is 894. The number of hydrogen-bond donors (Lipinski definition) is 2. The molecule has 0 radical (unpaired) electrons. The summed E-state index contributed by atoms with van der Waals surface area (Å²) in [6.07, 6.45) is 1.61. The second-order valence-corrected chi connectivity index (χ2v) is 8.52. The summed E-state index contributed by atoms with van der Waals surface area (Å²) in [7, 11) is -3.57. The number of nitrogen functional groups attached to an aromatic ring is 1. The van der Waals surface area contributed by atoms with Crippen molar-refractivity contribution in [1.82, 2.24) is 4.31 Å². The number of anilines is 1. The first-order chi connectivity index (χ1) is 12.4. The molecule has 1 aliphatic rings. The minimum absolute atomic E-state index is 0.0337. The first kappa shape index (κ1) is 18.4. The quantitative estimate of drug-likeness (QED) is 0.783. The summed E-state index contributed by atoms with van der Waals surface area (Å²) in [6.45, 7) is 0.876. The molecule has 1 saturated heterocycles. The van der Waals surface area contributed by atoms with Crippen LogP contribution < -0.4 is 5.73 Å². The summed E-state index contributed by atoms with van der Waals surface area (Å²) in [5, 5.41) is 8.97. The van der Waals surface area contributed by atoms with Crippen LogP contribution in [0.1, 0.15) is 29.9 Å². The maximum atomic E-state index is 12.9. The van der Waals surface area contributed by atoms with Gasteiger partial charge >= 0.3 is 5.97 Å². The normalized spacial score (nSPS) is 18.5. The van der Waals surface area contributed by atoms with Crippen molar-refractivity contribution in [1.29, 1.82) is 0 Å². The number of carbonyl (C=O) groups is 1. The van der Waals surface area contributed by atoms with Gasteiger partial charge in [-0.15, -0.1) is 0 Å². The Balaban J connectivity index is 1.81. The molecule has 1 aliphatic heterocycles. The molecule has 1 unspecified atom stereocenters. The molecule has 3 rings (SSSR count). The van der Waals surface area contributed by atoms with E-state index in [0.717, 1.165) is 24.0 Å². The number of hydrogen-bond acceptors (Lipinski definition) is 4. The van der Waals surface area contributed by atoms with E-state index in [1.165, 1.54) is 16.4 Å². The number of sulfonamides is 1. The Morgan fingerprint density at radius 1 is 1.19 bits per heavy atom. The molecule has 0 saturated carbocycles. The highest BCUT2D eigenvalue weighted by molar-refractivity contribution is 7.89. The van der Waals surface area contributed by atoms with Crippen molar-refractivity contribution in [3.05, 3.63) is 59.7 Å². The van der Waals surface area contributed by atoms with Crippen LogP contribution in [-0.2, 0) is 21.2 Å². The van der Waals surface area contributed by atoms with Crippen molar-refractivity contribution < 1.29 is 18.3 Å². The number of carboxylic acids is 1. The minimum Gasteiger partial charge on any atom is -0.481 e. The van der Waals surface area contributed by atoms with E-state index >= 15 is 0 Å². The van der Waals surface area contributed by atoms with E-state index in [9.17, 15) is 13.2 Å². The van der Waals surface area contributed by atoms with E-state index in [2.05, 4.69) is 0 Å². The zero-order chi connectivity index (χ0) is 18.7. The molecule has 1 heterocycles. The molecule has 0 spiro atoms. The predicted molar refractivity (Wildman–Crippen MR) is 99.4 cm³/mol. The monoisotopic (exact) mass is 374 g/mol. The van der Waals surface area contributed by atoms with Gasteiger partial charge in [-0.1, -0.05) is 24.3 Å². The molecule has 0 aliphatic carbocycles. The molecule has 1 atom stereocenters. The number of carboxylic acid groups (broad SMARTS) is 1. The lowest BCUT2D eigenvalue weighted by molar-refractivity contribution is -0.136. The number of rotatable bonds is 5. The van der Waals surface area contributed by atoms with Crippen LogP contribution in [0.15, 0.2) is 53.4 Å². The largest absolute Gasteiger partial charge is 0.481 e. The SMILES string of the molecule is Nc1ccc(S(=O)(=O)N2CCCC(c3cccc(CC(=O)O)c3)C2)cc1.